The third-order valence-electron chi connectivity index (χ3n) is 9.20. The second-order valence-corrected chi connectivity index (χ2v) is 12.2. The van der Waals surface area contributed by atoms with E-state index >= 15 is 0 Å². The molecule has 41 heavy (non-hydrogen) atoms. The maximum Gasteiger partial charge on any atom is 0.247 e. The van der Waals surface area contributed by atoms with Gasteiger partial charge in [-0.1, -0.05) is 102 Å². The summed E-state index contributed by atoms with van der Waals surface area (Å²) in [5, 5.41) is 24.0. The molecule has 3 N–H and O–H groups in total. The highest BCUT2D eigenvalue weighted by Gasteiger charge is 2.51. The fourth-order valence-corrected chi connectivity index (χ4v) is 7.03. The zero-order valence-corrected chi connectivity index (χ0v) is 25.1. The number of aliphatic hydroxyl groups excluding tert-OH is 2. The van der Waals surface area contributed by atoms with Gasteiger partial charge in [0.25, 0.3) is 0 Å². The van der Waals surface area contributed by atoms with Gasteiger partial charge in [0.1, 0.15) is 18.0 Å². The minimum absolute atomic E-state index is 0.0431. The number of nitrogens with zero attached hydrogens (tertiary/aromatic N) is 1. The number of ether oxygens (including phenoxy) is 1. The molecule has 0 aromatic heterocycles. The van der Waals surface area contributed by atoms with E-state index in [1.165, 1.54) is 38.5 Å². The smallest absolute Gasteiger partial charge is 0.247 e. The molecule has 4 atom stereocenters. The molecule has 1 aromatic rings. The van der Waals surface area contributed by atoms with Crippen LogP contribution in [0.1, 0.15) is 121 Å². The van der Waals surface area contributed by atoms with Gasteiger partial charge in [0, 0.05) is 30.1 Å². The van der Waals surface area contributed by atoms with Gasteiger partial charge in [0.15, 0.2) is 0 Å². The molecule has 0 bridgehead atoms. The van der Waals surface area contributed by atoms with E-state index in [0.29, 0.717) is 17.7 Å². The normalized spacial score (nSPS) is 24.0. The zero-order chi connectivity index (χ0) is 29.0. The van der Waals surface area contributed by atoms with Crippen LogP contribution in [0, 0.1) is 0 Å². The van der Waals surface area contributed by atoms with E-state index in [4.69, 9.17) is 4.74 Å². The average molecular weight is 569 g/mol. The van der Waals surface area contributed by atoms with Crippen LogP contribution in [-0.2, 0) is 9.59 Å². The fourth-order valence-electron chi connectivity index (χ4n) is 7.03. The van der Waals surface area contributed by atoms with E-state index in [2.05, 4.69) is 12.2 Å². The van der Waals surface area contributed by atoms with Gasteiger partial charge >= 0.3 is 0 Å². The predicted octanol–water partition coefficient (Wildman–Crippen LogP) is 5.78. The number of fused-ring (bicyclic) bond motifs is 3. The van der Waals surface area contributed by atoms with Crippen molar-refractivity contribution < 1.29 is 24.5 Å². The van der Waals surface area contributed by atoms with Crippen molar-refractivity contribution in [3.63, 3.8) is 0 Å². The Balaban J connectivity index is 1.52. The van der Waals surface area contributed by atoms with E-state index < -0.39 is 24.2 Å². The molecule has 0 radical (unpaired) electrons. The monoisotopic (exact) mass is 568 g/mol. The zero-order valence-electron chi connectivity index (χ0n) is 25.1. The molecule has 2 aliphatic carbocycles. The Labute approximate surface area is 246 Å². The van der Waals surface area contributed by atoms with Gasteiger partial charge < -0.3 is 25.2 Å². The molecule has 1 saturated carbocycles. The molecule has 1 aliphatic heterocycles. The lowest BCUT2D eigenvalue weighted by molar-refractivity contribution is -0.141. The van der Waals surface area contributed by atoms with Gasteiger partial charge in [0.05, 0.1) is 18.6 Å². The number of carbonyl (C=O) groups is 2. The highest BCUT2D eigenvalue weighted by Crippen LogP contribution is 2.47. The Hall–Kier alpha value is -2.38. The molecular formula is C34H52N2O5. The minimum atomic E-state index is -0.947. The second-order valence-electron chi connectivity index (χ2n) is 12.2. The lowest BCUT2D eigenvalue weighted by Crippen LogP contribution is -2.58. The highest BCUT2D eigenvalue weighted by molar-refractivity contribution is 5.96. The van der Waals surface area contributed by atoms with Crippen LogP contribution in [0.25, 0.3) is 0 Å². The molecule has 228 valence electrons. The van der Waals surface area contributed by atoms with Crippen molar-refractivity contribution in [3.8, 4) is 5.75 Å². The molecule has 0 saturated heterocycles. The number of benzene rings is 1. The molecule has 7 heteroatoms. The summed E-state index contributed by atoms with van der Waals surface area (Å²) in [7, 11) is 0. The summed E-state index contributed by atoms with van der Waals surface area (Å²) >= 11 is 0. The van der Waals surface area contributed by atoms with Gasteiger partial charge in [0.2, 0.25) is 11.8 Å². The predicted molar refractivity (Wildman–Crippen MR) is 162 cm³/mol. The average Bonchev–Trinajstić information content (AvgIpc) is 3.17. The summed E-state index contributed by atoms with van der Waals surface area (Å²) in [6, 6.07) is 7.03. The Kier molecular flexibility index (Phi) is 12.6. The van der Waals surface area contributed by atoms with Crippen LogP contribution >= 0.6 is 0 Å². The molecule has 1 aromatic carbocycles. The molecule has 1 heterocycles. The maximum atomic E-state index is 14.0. The molecule has 7 nitrogen and oxygen atoms in total. The lowest BCUT2D eigenvalue weighted by Gasteiger charge is -2.44. The quantitative estimate of drug-likeness (QED) is 0.184. The summed E-state index contributed by atoms with van der Waals surface area (Å²) in [4.78, 5) is 29.3. The van der Waals surface area contributed by atoms with Crippen molar-refractivity contribution in [2.75, 3.05) is 13.2 Å². The highest BCUT2D eigenvalue weighted by atomic mass is 16.5. The van der Waals surface area contributed by atoms with Gasteiger partial charge in [-0.3, -0.25) is 9.59 Å². The van der Waals surface area contributed by atoms with Gasteiger partial charge in [-0.05, 0) is 31.4 Å². The topological polar surface area (TPSA) is 99.1 Å². The standard InChI is InChI=1S/C34H52N2O5/c1-2-3-4-5-6-7-8-9-14-21-30(38)36(25-17-12-10-11-13-18-25)28-24-27(34(40)35-22-23-37)31-26-19-15-16-20-29(26)41-33(31)32(28)39/h15-16,19-20,24-25,28,31-33,37,39H,2-14,17-18,21-23H2,1H3,(H,35,40)/t28-,31+,32+,33+/m1/s1. The van der Waals surface area contributed by atoms with E-state index in [1.54, 1.807) is 0 Å². The first-order valence-corrected chi connectivity index (χ1v) is 16.4. The number of para-hydroxylation sites is 1. The van der Waals surface area contributed by atoms with E-state index in [1.807, 2.05) is 35.2 Å². The SMILES string of the molecule is CCCCCCCCCCCC(=O)N(C1CCCCCC1)[C@@H]1C=C(C(=O)NCCO)[C@@H]2c3ccccc3O[C@@H]2[C@H]1O. The van der Waals surface area contributed by atoms with Crippen molar-refractivity contribution in [1.82, 2.24) is 10.2 Å². The number of rotatable bonds is 15. The Bertz CT molecular complexity index is 1000. The first-order valence-electron chi connectivity index (χ1n) is 16.4. The number of nitrogens with one attached hydrogen (secondary N) is 1. The summed E-state index contributed by atoms with van der Waals surface area (Å²) in [6.07, 6.45) is 17.7. The third-order valence-corrected chi connectivity index (χ3v) is 9.20. The summed E-state index contributed by atoms with van der Waals surface area (Å²) < 4.78 is 6.28. The number of hydrogen-bond donors (Lipinski definition) is 3. The molecule has 3 aliphatic rings. The maximum absolute atomic E-state index is 14.0. The molecule has 4 rings (SSSR count). The first-order chi connectivity index (χ1) is 20.1. The second kappa shape index (κ2) is 16.3. The molecule has 2 amide bonds. The van der Waals surface area contributed by atoms with E-state index in [0.717, 1.165) is 63.4 Å². The number of amides is 2. The Morgan fingerprint density at radius 3 is 2.29 bits per heavy atom. The summed E-state index contributed by atoms with van der Waals surface area (Å²) in [6.45, 7) is 2.23. The van der Waals surface area contributed by atoms with E-state index in [9.17, 15) is 19.8 Å². The van der Waals surface area contributed by atoms with Crippen LogP contribution in [0.15, 0.2) is 35.9 Å². The first kappa shape index (κ1) is 31.6. The largest absolute Gasteiger partial charge is 0.486 e. The third kappa shape index (κ3) is 8.13. The Morgan fingerprint density at radius 2 is 1.61 bits per heavy atom. The van der Waals surface area contributed by atoms with Crippen molar-refractivity contribution in [1.29, 1.82) is 0 Å². The van der Waals surface area contributed by atoms with E-state index in [-0.39, 0.29) is 31.0 Å². The molecule has 1 fully saturated rings. The van der Waals surface area contributed by atoms with Crippen molar-refractivity contribution in [2.45, 2.75) is 140 Å². The molecular weight excluding hydrogens is 516 g/mol. The summed E-state index contributed by atoms with van der Waals surface area (Å²) in [5.41, 5.74) is 1.39. The fraction of sp³-hybridized carbons (Fsp3) is 0.706. The molecule has 0 spiro atoms. The van der Waals surface area contributed by atoms with Crippen molar-refractivity contribution in [3.05, 3.63) is 41.5 Å². The molecule has 0 unspecified atom stereocenters. The van der Waals surface area contributed by atoms with Crippen molar-refractivity contribution >= 4 is 11.8 Å². The number of aliphatic hydroxyl groups is 2. The van der Waals surface area contributed by atoms with Gasteiger partial charge in [-0.15, -0.1) is 0 Å². The van der Waals surface area contributed by atoms with Gasteiger partial charge in [-0.25, -0.2) is 0 Å². The van der Waals surface area contributed by atoms with Crippen LogP contribution in [0.5, 0.6) is 5.75 Å². The van der Waals surface area contributed by atoms with Crippen LogP contribution < -0.4 is 10.1 Å². The van der Waals surface area contributed by atoms with Crippen LogP contribution in [0.3, 0.4) is 0 Å². The van der Waals surface area contributed by atoms with Gasteiger partial charge in [-0.2, -0.15) is 0 Å². The number of carbonyl (C=O) groups excluding carboxylic acids is 2. The minimum Gasteiger partial charge on any atom is -0.486 e. The van der Waals surface area contributed by atoms with Crippen LogP contribution in [0.4, 0.5) is 0 Å². The number of unbranched alkanes of at least 4 members (excludes halogenated alkanes) is 8. The summed E-state index contributed by atoms with van der Waals surface area (Å²) in [5.74, 6) is 0.0485. The van der Waals surface area contributed by atoms with Crippen LogP contribution in [0.2, 0.25) is 0 Å². The van der Waals surface area contributed by atoms with Crippen molar-refractivity contribution in [2.24, 2.45) is 0 Å². The lowest BCUT2D eigenvalue weighted by atomic mass is 9.77. The van der Waals surface area contributed by atoms with Crippen LogP contribution in [-0.4, -0.2) is 64.4 Å². The Morgan fingerprint density at radius 1 is 0.951 bits per heavy atom. The number of hydrogen-bond acceptors (Lipinski definition) is 5.